The van der Waals surface area contributed by atoms with Crippen molar-refractivity contribution in [3.05, 3.63) is 29.8 Å². The summed E-state index contributed by atoms with van der Waals surface area (Å²) in [7, 11) is -3.44. The molecule has 1 heterocycles. The zero-order valence-corrected chi connectivity index (χ0v) is 13.3. The second-order valence-electron chi connectivity index (χ2n) is 4.94. The molecule has 0 radical (unpaired) electrons. The molecule has 2 rings (SSSR count). The Balaban J connectivity index is 1.90. The van der Waals surface area contributed by atoms with Crippen molar-refractivity contribution in [1.29, 1.82) is 0 Å². The van der Waals surface area contributed by atoms with E-state index in [0.717, 1.165) is 5.56 Å². The normalized spacial score (nSPS) is 18.9. The van der Waals surface area contributed by atoms with Crippen molar-refractivity contribution in [1.82, 2.24) is 15.4 Å². The lowest BCUT2D eigenvalue weighted by atomic mass is 10.2. The molecule has 3 N–H and O–H groups in total. The number of benzene rings is 1. The van der Waals surface area contributed by atoms with E-state index in [1.54, 1.807) is 19.1 Å². The zero-order valence-electron chi connectivity index (χ0n) is 12.5. The van der Waals surface area contributed by atoms with Crippen LogP contribution in [-0.4, -0.2) is 46.7 Å². The third-order valence-electron chi connectivity index (χ3n) is 3.27. The molecule has 1 atom stereocenters. The summed E-state index contributed by atoms with van der Waals surface area (Å²) in [5.74, 6) is -0.121. The number of nitrogens with one attached hydrogen (secondary N) is 3. The van der Waals surface area contributed by atoms with Crippen molar-refractivity contribution in [3.63, 3.8) is 0 Å². The van der Waals surface area contributed by atoms with Crippen LogP contribution in [0.4, 0.5) is 0 Å². The molecule has 1 aromatic carbocycles. The van der Waals surface area contributed by atoms with Crippen LogP contribution >= 0.6 is 0 Å². The molecule has 1 aliphatic rings. The molecule has 122 valence electrons. The summed E-state index contributed by atoms with van der Waals surface area (Å²) in [6, 6.07) is 6.11. The van der Waals surface area contributed by atoms with Gasteiger partial charge in [-0.05, 0) is 17.7 Å². The van der Waals surface area contributed by atoms with E-state index in [9.17, 15) is 13.2 Å². The molecule has 1 amide bonds. The summed E-state index contributed by atoms with van der Waals surface area (Å²) in [6.07, 6.45) is 0. The van der Waals surface area contributed by atoms with Gasteiger partial charge in [0, 0.05) is 19.6 Å². The highest BCUT2D eigenvalue weighted by Gasteiger charge is 2.20. The van der Waals surface area contributed by atoms with E-state index in [2.05, 4.69) is 15.4 Å². The van der Waals surface area contributed by atoms with Gasteiger partial charge >= 0.3 is 0 Å². The molecule has 0 bridgehead atoms. The molecule has 0 saturated carbocycles. The number of hydrogen-bond acceptors (Lipinski definition) is 5. The van der Waals surface area contributed by atoms with Crippen molar-refractivity contribution < 1.29 is 17.9 Å². The summed E-state index contributed by atoms with van der Waals surface area (Å²) < 4.78 is 31.3. The standard InChI is InChI=1S/C14H21N3O4S/c1-2-17-22(19,20)12-5-3-11(4-6-12)9-16-14(18)13-10-21-8-7-15-13/h3-6,13,15,17H,2,7-10H2,1H3,(H,16,18). The van der Waals surface area contributed by atoms with Crippen molar-refractivity contribution >= 4 is 15.9 Å². The van der Waals surface area contributed by atoms with E-state index < -0.39 is 10.0 Å². The molecule has 8 heteroatoms. The van der Waals surface area contributed by atoms with Crippen LogP contribution in [0.3, 0.4) is 0 Å². The molecule has 7 nitrogen and oxygen atoms in total. The summed E-state index contributed by atoms with van der Waals surface area (Å²) in [5, 5.41) is 5.88. The third-order valence-corrected chi connectivity index (χ3v) is 4.83. The van der Waals surface area contributed by atoms with Crippen LogP contribution in [0.5, 0.6) is 0 Å². The average molecular weight is 327 g/mol. The Bertz CT molecular complexity index is 595. The second-order valence-corrected chi connectivity index (χ2v) is 6.71. The summed E-state index contributed by atoms with van der Waals surface area (Å²) in [5.41, 5.74) is 0.834. The summed E-state index contributed by atoms with van der Waals surface area (Å²) in [6.45, 7) is 4.06. The van der Waals surface area contributed by atoms with Gasteiger partial charge in [-0.3, -0.25) is 4.79 Å². The number of morpholine rings is 1. The topological polar surface area (TPSA) is 96.5 Å². The maximum atomic E-state index is 11.9. The van der Waals surface area contributed by atoms with Crippen molar-refractivity contribution in [3.8, 4) is 0 Å². The largest absolute Gasteiger partial charge is 0.378 e. The minimum absolute atomic E-state index is 0.121. The van der Waals surface area contributed by atoms with E-state index >= 15 is 0 Å². The Hall–Kier alpha value is -1.48. The molecule has 0 aliphatic carbocycles. The summed E-state index contributed by atoms with van der Waals surface area (Å²) >= 11 is 0. The Labute approximate surface area is 130 Å². The zero-order chi connectivity index (χ0) is 16.0. The fraction of sp³-hybridized carbons (Fsp3) is 0.500. The molecule has 1 saturated heterocycles. The SMILES string of the molecule is CCNS(=O)(=O)c1ccc(CNC(=O)C2COCCN2)cc1. The van der Waals surface area contributed by atoms with Crippen LogP contribution in [0.25, 0.3) is 0 Å². The smallest absolute Gasteiger partial charge is 0.240 e. The van der Waals surface area contributed by atoms with E-state index in [-0.39, 0.29) is 16.8 Å². The first-order valence-corrected chi connectivity index (χ1v) is 8.68. The highest BCUT2D eigenvalue weighted by atomic mass is 32.2. The van der Waals surface area contributed by atoms with Crippen LogP contribution in [0.1, 0.15) is 12.5 Å². The van der Waals surface area contributed by atoms with Gasteiger partial charge < -0.3 is 15.4 Å². The lowest BCUT2D eigenvalue weighted by Gasteiger charge is -2.22. The van der Waals surface area contributed by atoms with Gasteiger partial charge in [0.25, 0.3) is 0 Å². The van der Waals surface area contributed by atoms with Gasteiger partial charge in [0.1, 0.15) is 6.04 Å². The molecule has 1 aromatic rings. The first kappa shape index (κ1) is 16.9. The predicted molar refractivity (Wildman–Crippen MR) is 81.8 cm³/mol. The number of hydrogen-bond donors (Lipinski definition) is 3. The lowest BCUT2D eigenvalue weighted by Crippen LogP contribution is -2.51. The molecular weight excluding hydrogens is 306 g/mol. The van der Waals surface area contributed by atoms with Gasteiger partial charge in [-0.2, -0.15) is 0 Å². The Morgan fingerprint density at radius 3 is 2.68 bits per heavy atom. The fourth-order valence-corrected chi connectivity index (χ4v) is 3.15. The number of amides is 1. The number of carbonyl (C=O) groups is 1. The fourth-order valence-electron chi connectivity index (χ4n) is 2.11. The molecular formula is C14H21N3O4S. The molecule has 1 unspecified atom stereocenters. The van der Waals surface area contributed by atoms with E-state index in [0.29, 0.717) is 32.8 Å². The van der Waals surface area contributed by atoms with Gasteiger partial charge in [-0.15, -0.1) is 0 Å². The number of sulfonamides is 1. The monoisotopic (exact) mass is 327 g/mol. The van der Waals surface area contributed by atoms with Crippen LogP contribution in [-0.2, 0) is 26.1 Å². The van der Waals surface area contributed by atoms with Crippen LogP contribution in [0, 0.1) is 0 Å². The van der Waals surface area contributed by atoms with Crippen molar-refractivity contribution in [2.24, 2.45) is 0 Å². The number of rotatable bonds is 6. The highest BCUT2D eigenvalue weighted by Crippen LogP contribution is 2.10. The van der Waals surface area contributed by atoms with Gasteiger partial charge in [0.2, 0.25) is 15.9 Å². The van der Waals surface area contributed by atoms with Crippen molar-refractivity contribution in [2.75, 3.05) is 26.3 Å². The minimum atomic E-state index is -3.44. The second kappa shape index (κ2) is 7.68. The highest BCUT2D eigenvalue weighted by molar-refractivity contribution is 7.89. The Morgan fingerprint density at radius 1 is 1.36 bits per heavy atom. The van der Waals surface area contributed by atoms with Gasteiger partial charge in [0.05, 0.1) is 18.1 Å². The molecule has 1 aliphatic heterocycles. The van der Waals surface area contributed by atoms with Gasteiger partial charge in [0.15, 0.2) is 0 Å². The van der Waals surface area contributed by atoms with Crippen molar-refractivity contribution in [2.45, 2.75) is 24.4 Å². The van der Waals surface area contributed by atoms with Crippen LogP contribution in [0.15, 0.2) is 29.2 Å². The molecule has 0 aromatic heterocycles. The lowest BCUT2D eigenvalue weighted by molar-refractivity contribution is -0.126. The van der Waals surface area contributed by atoms with Gasteiger partial charge in [-0.1, -0.05) is 19.1 Å². The predicted octanol–water partition coefficient (Wildman–Crippen LogP) is -0.411. The average Bonchev–Trinajstić information content (AvgIpc) is 2.54. The number of ether oxygens (including phenoxy) is 1. The van der Waals surface area contributed by atoms with E-state index in [1.165, 1.54) is 12.1 Å². The Morgan fingerprint density at radius 2 is 2.09 bits per heavy atom. The van der Waals surface area contributed by atoms with E-state index in [4.69, 9.17) is 4.74 Å². The third kappa shape index (κ3) is 4.51. The number of carbonyl (C=O) groups excluding carboxylic acids is 1. The first-order chi connectivity index (χ1) is 10.5. The minimum Gasteiger partial charge on any atom is -0.378 e. The maximum absolute atomic E-state index is 11.9. The maximum Gasteiger partial charge on any atom is 0.240 e. The molecule has 1 fully saturated rings. The quantitative estimate of drug-likeness (QED) is 0.660. The van der Waals surface area contributed by atoms with E-state index in [1.807, 2.05) is 0 Å². The Kier molecular flexibility index (Phi) is 5.90. The summed E-state index contributed by atoms with van der Waals surface area (Å²) in [4.78, 5) is 12.1. The first-order valence-electron chi connectivity index (χ1n) is 7.20. The van der Waals surface area contributed by atoms with Gasteiger partial charge in [-0.25, -0.2) is 13.1 Å². The van der Waals surface area contributed by atoms with Crippen LogP contribution < -0.4 is 15.4 Å². The molecule has 0 spiro atoms. The van der Waals surface area contributed by atoms with Crippen LogP contribution in [0.2, 0.25) is 0 Å². The molecule has 22 heavy (non-hydrogen) atoms.